The van der Waals surface area contributed by atoms with Crippen molar-refractivity contribution in [3.05, 3.63) is 158 Å². The molecule has 7 heteroatoms. The fourth-order valence-electron chi connectivity index (χ4n) is 10.2. The molecule has 0 saturated heterocycles. The molecule has 4 heterocycles. The first-order valence-electron chi connectivity index (χ1n) is 32.2. The van der Waals surface area contributed by atoms with E-state index in [9.17, 15) is 0 Å². The Hall–Kier alpha value is -5.82. The van der Waals surface area contributed by atoms with Gasteiger partial charge in [0.15, 0.2) is 0 Å². The molecule has 0 spiro atoms. The summed E-state index contributed by atoms with van der Waals surface area (Å²) in [6.45, 7) is 65.8. The maximum atomic E-state index is 4.33. The van der Waals surface area contributed by atoms with Crippen molar-refractivity contribution >= 4 is 38.9 Å². The second-order valence-corrected chi connectivity index (χ2v) is 23.1. The molecule has 456 valence electrons. The maximum absolute atomic E-state index is 4.33. The van der Waals surface area contributed by atoms with Gasteiger partial charge in [0.05, 0.1) is 41.7 Å². The van der Waals surface area contributed by atoms with E-state index in [0.717, 1.165) is 23.1 Å². The number of fused-ring (bicyclic) bond motifs is 4. The van der Waals surface area contributed by atoms with Gasteiger partial charge < -0.3 is 0 Å². The molecule has 82 heavy (non-hydrogen) atoms. The van der Waals surface area contributed by atoms with Crippen molar-refractivity contribution in [2.45, 2.75) is 273 Å². The summed E-state index contributed by atoms with van der Waals surface area (Å²) in [5, 5.41) is 25.2. The van der Waals surface area contributed by atoms with Crippen LogP contribution in [0.2, 0.25) is 0 Å². The molecule has 0 bridgehead atoms. The number of nitrogens with zero attached hydrogens (tertiary/aromatic N) is 4. The minimum absolute atomic E-state index is 0.545. The fraction of sp³-hybridized carbons (Fsp3) is 0.547. The third-order valence-electron chi connectivity index (χ3n) is 14.0. The summed E-state index contributed by atoms with van der Waals surface area (Å²) in [4.78, 5) is 4.33. The van der Waals surface area contributed by atoms with Crippen molar-refractivity contribution < 1.29 is 0 Å². The van der Waals surface area contributed by atoms with Gasteiger partial charge >= 0.3 is 0 Å². The van der Waals surface area contributed by atoms with Crippen LogP contribution < -0.4 is 0 Å². The van der Waals surface area contributed by atoms with E-state index in [2.05, 4.69) is 247 Å². The molecule has 0 amide bonds. The topological polar surface area (TPSA) is 98.4 Å². The standard InChI is InChI=1S/C14H19N.3C13H18N2.C12H18.5C2H6/c1-9(2)13-5-11-7-15-8-12(11)6-14(13)10(3)4;1-8(2)11-5-10-7-14-15-13(10)6-12(11)9(3)4;2*1-8(2)10-5-6-12-11(7-14-15-12)13(10)9(3)4;1-9(2)11-7-5-6-8-12(11)10(3)4;5*1-2/h5-7,9-10H,8H2,1-4H3;3*5-9H,1-4H3,(H,14,15);5-10H,1-4H3;5*1-2H3. The van der Waals surface area contributed by atoms with E-state index in [-0.39, 0.29) is 0 Å². The van der Waals surface area contributed by atoms with Crippen LogP contribution in [-0.4, -0.2) is 36.8 Å². The first kappa shape index (κ1) is 76.2. The van der Waals surface area contributed by atoms with Crippen molar-refractivity contribution in [2.24, 2.45) is 4.99 Å². The fourth-order valence-corrected chi connectivity index (χ4v) is 10.2. The second kappa shape index (κ2) is 39.6. The normalized spacial score (nSPS) is 11.1. The Morgan fingerprint density at radius 1 is 0.317 bits per heavy atom. The highest BCUT2D eigenvalue weighted by molar-refractivity contribution is 5.86. The zero-order valence-corrected chi connectivity index (χ0v) is 58.0. The number of H-pyrrole nitrogens is 3. The molecule has 0 unspecified atom stereocenters. The first-order valence-corrected chi connectivity index (χ1v) is 32.2. The van der Waals surface area contributed by atoms with Crippen LogP contribution in [0.4, 0.5) is 0 Å². The summed E-state index contributed by atoms with van der Waals surface area (Å²) in [5.74, 6) is 5.86. The minimum Gasteiger partial charge on any atom is -0.288 e. The lowest BCUT2D eigenvalue weighted by Gasteiger charge is -2.17. The molecule has 1 aliphatic heterocycles. The Morgan fingerprint density at radius 3 is 1.01 bits per heavy atom. The van der Waals surface area contributed by atoms with E-state index in [1.54, 1.807) is 0 Å². The van der Waals surface area contributed by atoms with Gasteiger partial charge in [-0.1, -0.05) is 250 Å². The average Bonchev–Trinajstić information content (AvgIpc) is 4.34. The molecule has 0 aliphatic carbocycles. The van der Waals surface area contributed by atoms with Gasteiger partial charge in [0, 0.05) is 22.4 Å². The summed E-state index contributed by atoms with van der Waals surface area (Å²) < 4.78 is 0. The number of hydrogen-bond acceptors (Lipinski definition) is 4. The second-order valence-electron chi connectivity index (χ2n) is 23.1. The molecule has 0 saturated carbocycles. The Balaban J connectivity index is 0.000000963. The SMILES string of the molecule is CC.CC.CC.CC.CC.CC(C)c1cc2c(cc1C(C)C)CN=C2.CC(C)c1cc2cn[nH]c2cc1C(C)C.CC(C)c1ccc2[nH]ncc2c1C(C)C.CC(C)c1ccc2[nH]ncc2c1C(C)C.CC(C)c1ccccc1C(C)C. The lowest BCUT2D eigenvalue weighted by molar-refractivity contribution is 0.787. The van der Waals surface area contributed by atoms with E-state index in [1.807, 2.05) is 94.0 Å². The van der Waals surface area contributed by atoms with Gasteiger partial charge in [-0.3, -0.25) is 20.3 Å². The molecule has 0 atom stereocenters. The van der Waals surface area contributed by atoms with Crippen molar-refractivity contribution in [3.8, 4) is 0 Å². The number of rotatable bonds is 10. The molecule has 0 radical (unpaired) electrons. The average molecular weight is 1120 g/mol. The van der Waals surface area contributed by atoms with Gasteiger partial charge in [-0.15, -0.1) is 0 Å². The summed E-state index contributed by atoms with van der Waals surface area (Å²) >= 11 is 0. The molecule has 7 nitrogen and oxygen atoms in total. The van der Waals surface area contributed by atoms with Gasteiger partial charge in [-0.05, 0) is 156 Å². The third kappa shape index (κ3) is 21.7. The Kier molecular flexibility index (Phi) is 36.8. The van der Waals surface area contributed by atoms with Gasteiger partial charge in [0.25, 0.3) is 0 Å². The Morgan fingerprint density at radius 2 is 0.646 bits per heavy atom. The maximum Gasteiger partial charge on any atom is 0.0653 e. The van der Waals surface area contributed by atoms with Crippen LogP contribution in [-0.2, 0) is 6.54 Å². The third-order valence-corrected chi connectivity index (χ3v) is 14.0. The van der Waals surface area contributed by atoms with E-state index in [1.165, 1.54) is 82.9 Å². The monoisotopic (exact) mass is 1120 g/mol. The van der Waals surface area contributed by atoms with Crippen molar-refractivity contribution in [1.29, 1.82) is 0 Å². The van der Waals surface area contributed by atoms with Crippen LogP contribution in [0.5, 0.6) is 0 Å². The van der Waals surface area contributed by atoms with Gasteiger partial charge in [-0.25, -0.2) is 0 Å². The smallest absolute Gasteiger partial charge is 0.0653 e. The quantitative estimate of drug-likeness (QED) is 0.127. The highest BCUT2D eigenvalue weighted by Gasteiger charge is 2.18. The first-order chi connectivity index (χ1) is 39.0. The van der Waals surface area contributed by atoms with Crippen LogP contribution in [0.1, 0.15) is 334 Å². The van der Waals surface area contributed by atoms with E-state index >= 15 is 0 Å². The Bertz CT molecular complexity index is 2810. The summed E-state index contributed by atoms with van der Waals surface area (Å²) in [7, 11) is 0. The highest BCUT2D eigenvalue weighted by atomic mass is 15.1. The zero-order chi connectivity index (χ0) is 63.1. The van der Waals surface area contributed by atoms with Crippen LogP contribution in [0.25, 0.3) is 32.7 Å². The van der Waals surface area contributed by atoms with Crippen LogP contribution in [0, 0.1) is 0 Å². The van der Waals surface area contributed by atoms with Gasteiger partial charge in [-0.2, -0.15) is 15.3 Å². The summed E-state index contributed by atoms with van der Waals surface area (Å²) in [5.41, 5.74) is 20.7. The number of hydrogen-bond donors (Lipinski definition) is 3. The van der Waals surface area contributed by atoms with Crippen LogP contribution in [0.3, 0.4) is 0 Å². The van der Waals surface area contributed by atoms with Crippen molar-refractivity contribution in [2.75, 3.05) is 0 Å². The molecule has 0 fully saturated rings. The number of aliphatic imine (C=N–C) groups is 1. The lowest BCUT2D eigenvalue weighted by atomic mass is 9.87. The summed E-state index contributed by atoms with van der Waals surface area (Å²) in [6, 6.07) is 26.6. The van der Waals surface area contributed by atoms with Gasteiger partial charge in [0.2, 0.25) is 0 Å². The van der Waals surface area contributed by atoms with Gasteiger partial charge in [0.1, 0.15) is 0 Å². The molecule has 9 rings (SSSR count). The van der Waals surface area contributed by atoms with Crippen LogP contribution in [0.15, 0.2) is 96.4 Å². The number of aromatic amines is 3. The molecule has 1 aliphatic rings. The molecular weight excluding hydrogens is 999 g/mol. The highest BCUT2D eigenvalue weighted by Crippen LogP contribution is 2.35. The number of nitrogens with one attached hydrogen (secondary N) is 3. The Labute approximate surface area is 503 Å². The minimum atomic E-state index is 0.545. The van der Waals surface area contributed by atoms with E-state index in [4.69, 9.17) is 0 Å². The molecule has 3 N–H and O–H groups in total. The molecule has 8 aromatic rings. The predicted molar refractivity (Wildman–Crippen MR) is 370 cm³/mol. The molecular formula is C75H121N7. The van der Waals surface area contributed by atoms with E-state index in [0.29, 0.717) is 59.2 Å². The number of aromatic nitrogens is 6. The van der Waals surface area contributed by atoms with Crippen molar-refractivity contribution in [1.82, 2.24) is 30.6 Å². The molecule has 5 aromatic carbocycles. The van der Waals surface area contributed by atoms with E-state index < -0.39 is 0 Å². The van der Waals surface area contributed by atoms with Crippen LogP contribution >= 0.6 is 0 Å². The summed E-state index contributed by atoms with van der Waals surface area (Å²) in [6.07, 6.45) is 7.78. The number of benzene rings is 5. The largest absolute Gasteiger partial charge is 0.288 e. The zero-order valence-electron chi connectivity index (χ0n) is 58.0. The lowest BCUT2D eigenvalue weighted by Crippen LogP contribution is -2.01. The van der Waals surface area contributed by atoms with Crippen molar-refractivity contribution in [3.63, 3.8) is 0 Å². The molecule has 3 aromatic heterocycles. The predicted octanol–water partition coefficient (Wildman–Crippen LogP) is 24.4.